The SMILES string of the molecule is Cc1ccc2c(c1)c1c3n2CC[NH+](C[C@H](O)C[NH+]2CCCC2)[C@@H]3CCC1. The fraction of sp³-hybridized carbons (Fsp3) is 0.636. The van der Waals surface area contributed by atoms with E-state index in [9.17, 15) is 5.11 Å². The molecule has 0 spiro atoms. The number of quaternary nitrogens is 2. The number of likely N-dealkylation sites (tertiary alicyclic amines) is 1. The van der Waals surface area contributed by atoms with Gasteiger partial charge in [-0.1, -0.05) is 11.6 Å². The van der Waals surface area contributed by atoms with E-state index in [1.165, 1.54) is 61.7 Å². The Bertz CT molecular complexity index is 805. The zero-order chi connectivity index (χ0) is 17.7. The molecule has 0 radical (unpaired) electrons. The lowest BCUT2D eigenvalue weighted by molar-refractivity contribution is -0.947. The van der Waals surface area contributed by atoms with E-state index in [2.05, 4.69) is 29.7 Å². The fourth-order valence-electron chi connectivity index (χ4n) is 5.94. The lowest BCUT2D eigenvalue weighted by atomic mass is 9.89. The van der Waals surface area contributed by atoms with Gasteiger partial charge in [0.05, 0.1) is 31.9 Å². The van der Waals surface area contributed by atoms with E-state index in [1.807, 2.05) is 0 Å². The van der Waals surface area contributed by atoms with Crippen molar-refractivity contribution >= 4 is 10.9 Å². The zero-order valence-electron chi connectivity index (χ0n) is 16.1. The van der Waals surface area contributed by atoms with Gasteiger partial charge in [0.15, 0.2) is 6.10 Å². The van der Waals surface area contributed by atoms with Gasteiger partial charge in [-0.3, -0.25) is 0 Å². The Morgan fingerprint density at radius 1 is 1.15 bits per heavy atom. The first-order valence-corrected chi connectivity index (χ1v) is 10.7. The number of hydrogen-bond donors (Lipinski definition) is 3. The number of aliphatic hydroxyl groups is 1. The van der Waals surface area contributed by atoms with Crippen LogP contribution in [0.3, 0.4) is 0 Å². The van der Waals surface area contributed by atoms with Gasteiger partial charge in [0.25, 0.3) is 0 Å². The average molecular weight is 356 g/mol. The summed E-state index contributed by atoms with van der Waals surface area (Å²) in [5.74, 6) is 0. The lowest BCUT2D eigenvalue weighted by Gasteiger charge is -2.38. The van der Waals surface area contributed by atoms with E-state index in [0.717, 1.165) is 26.2 Å². The van der Waals surface area contributed by atoms with Gasteiger partial charge in [-0.05, 0) is 37.5 Å². The molecule has 3 heterocycles. The standard InChI is InChI=1S/C22H31N3O/c1-16-7-8-20-19(13-16)18-5-4-6-21-22(18)25(20)12-11-24(21)15-17(26)14-23-9-2-3-10-23/h7-8,13,17,21,26H,2-6,9-12,14-15H2,1H3/p+2/t17-,21-/m1/s1. The smallest absolute Gasteiger partial charge is 0.152 e. The van der Waals surface area contributed by atoms with Crippen molar-refractivity contribution in [3.05, 3.63) is 35.0 Å². The Labute approximate surface area is 156 Å². The van der Waals surface area contributed by atoms with E-state index < -0.39 is 0 Å². The topological polar surface area (TPSA) is 34.0 Å². The highest BCUT2D eigenvalue weighted by Crippen LogP contribution is 2.37. The van der Waals surface area contributed by atoms with Crippen LogP contribution in [0.2, 0.25) is 0 Å². The molecule has 3 atom stereocenters. The molecule has 2 aromatic rings. The molecule has 1 unspecified atom stereocenters. The molecule has 1 aromatic carbocycles. The number of aromatic nitrogens is 1. The molecule has 3 aliphatic rings. The minimum atomic E-state index is -0.151. The first-order chi connectivity index (χ1) is 12.7. The summed E-state index contributed by atoms with van der Waals surface area (Å²) < 4.78 is 2.61. The maximum Gasteiger partial charge on any atom is 0.152 e. The summed E-state index contributed by atoms with van der Waals surface area (Å²) in [6, 6.07) is 7.57. The van der Waals surface area contributed by atoms with E-state index >= 15 is 0 Å². The summed E-state index contributed by atoms with van der Waals surface area (Å²) in [6.45, 7) is 8.85. The molecule has 140 valence electrons. The summed E-state index contributed by atoms with van der Waals surface area (Å²) >= 11 is 0. The van der Waals surface area contributed by atoms with Gasteiger partial charge < -0.3 is 19.5 Å². The Morgan fingerprint density at radius 2 is 2.00 bits per heavy atom. The summed E-state index contributed by atoms with van der Waals surface area (Å²) in [5.41, 5.74) is 6.01. The fourth-order valence-corrected chi connectivity index (χ4v) is 5.94. The quantitative estimate of drug-likeness (QED) is 0.723. The molecular weight excluding hydrogens is 322 g/mol. The molecule has 5 rings (SSSR count). The Hall–Kier alpha value is -1.36. The third-order valence-corrected chi connectivity index (χ3v) is 7.10. The normalized spacial score (nSPS) is 27.0. The van der Waals surface area contributed by atoms with Gasteiger partial charge in [-0.15, -0.1) is 0 Å². The van der Waals surface area contributed by atoms with E-state index in [1.54, 1.807) is 21.1 Å². The van der Waals surface area contributed by atoms with Crippen molar-refractivity contribution in [1.29, 1.82) is 0 Å². The van der Waals surface area contributed by atoms with Crippen LogP contribution in [0.25, 0.3) is 10.9 Å². The summed E-state index contributed by atoms with van der Waals surface area (Å²) in [6.07, 6.45) is 6.32. The van der Waals surface area contributed by atoms with Crippen molar-refractivity contribution in [1.82, 2.24) is 4.57 Å². The number of nitrogens with one attached hydrogen (secondary N) is 2. The van der Waals surface area contributed by atoms with Crippen LogP contribution < -0.4 is 9.80 Å². The highest BCUT2D eigenvalue weighted by Gasteiger charge is 2.38. The van der Waals surface area contributed by atoms with Crippen LogP contribution in [0, 0.1) is 6.92 Å². The van der Waals surface area contributed by atoms with Crippen LogP contribution >= 0.6 is 0 Å². The number of benzene rings is 1. The number of hydrogen-bond acceptors (Lipinski definition) is 1. The lowest BCUT2D eigenvalue weighted by Crippen LogP contribution is -3.17. The maximum absolute atomic E-state index is 10.7. The second-order valence-corrected chi connectivity index (χ2v) is 8.91. The van der Waals surface area contributed by atoms with Gasteiger partial charge in [-0.2, -0.15) is 0 Å². The predicted molar refractivity (Wildman–Crippen MR) is 104 cm³/mol. The van der Waals surface area contributed by atoms with Crippen LogP contribution in [0.5, 0.6) is 0 Å². The van der Waals surface area contributed by atoms with Crippen LogP contribution in [-0.4, -0.2) is 48.5 Å². The molecule has 2 aliphatic heterocycles. The van der Waals surface area contributed by atoms with Crippen molar-refractivity contribution in [2.45, 2.75) is 57.7 Å². The van der Waals surface area contributed by atoms with Gasteiger partial charge in [0.2, 0.25) is 0 Å². The van der Waals surface area contributed by atoms with E-state index in [-0.39, 0.29) is 6.10 Å². The number of nitrogens with zero attached hydrogens (tertiary/aromatic N) is 1. The monoisotopic (exact) mass is 355 g/mol. The van der Waals surface area contributed by atoms with Crippen molar-refractivity contribution in [3.63, 3.8) is 0 Å². The number of fused-ring (bicyclic) bond motifs is 3. The molecule has 1 fully saturated rings. The van der Waals surface area contributed by atoms with Crippen LogP contribution in [0.4, 0.5) is 0 Å². The van der Waals surface area contributed by atoms with Crippen LogP contribution in [0.15, 0.2) is 18.2 Å². The maximum atomic E-state index is 10.7. The third kappa shape index (κ3) is 2.79. The molecule has 1 aliphatic carbocycles. The van der Waals surface area contributed by atoms with E-state index in [4.69, 9.17) is 0 Å². The second kappa shape index (κ2) is 6.66. The first kappa shape index (κ1) is 16.8. The van der Waals surface area contributed by atoms with Gasteiger partial charge >= 0.3 is 0 Å². The zero-order valence-corrected chi connectivity index (χ0v) is 16.1. The highest BCUT2D eigenvalue weighted by atomic mass is 16.3. The third-order valence-electron chi connectivity index (χ3n) is 7.10. The largest absolute Gasteiger partial charge is 0.382 e. The number of aliphatic hydroxyl groups excluding tert-OH is 1. The van der Waals surface area contributed by atoms with Gasteiger partial charge in [0.1, 0.15) is 19.1 Å². The van der Waals surface area contributed by atoms with Crippen molar-refractivity contribution in [2.24, 2.45) is 0 Å². The number of rotatable bonds is 4. The molecule has 3 N–H and O–H groups in total. The van der Waals surface area contributed by atoms with Crippen molar-refractivity contribution in [2.75, 3.05) is 32.7 Å². The Balaban J connectivity index is 1.42. The molecule has 0 saturated carbocycles. The molecular formula is C22H33N3O+2. The molecule has 0 bridgehead atoms. The van der Waals surface area contributed by atoms with Crippen LogP contribution in [0.1, 0.15) is 48.5 Å². The number of aryl methyl sites for hydroxylation is 2. The minimum absolute atomic E-state index is 0.151. The average Bonchev–Trinajstić information content (AvgIpc) is 3.25. The van der Waals surface area contributed by atoms with Crippen molar-refractivity contribution < 1.29 is 14.9 Å². The minimum Gasteiger partial charge on any atom is -0.382 e. The molecule has 4 nitrogen and oxygen atoms in total. The summed E-state index contributed by atoms with van der Waals surface area (Å²) in [7, 11) is 0. The van der Waals surface area contributed by atoms with Gasteiger partial charge in [0, 0.05) is 30.2 Å². The molecule has 1 aromatic heterocycles. The molecule has 26 heavy (non-hydrogen) atoms. The summed E-state index contributed by atoms with van der Waals surface area (Å²) in [4.78, 5) is 3.24. The molecule has 1 saturated heterocycles. The Morgan fingerprint density at radius 3 is 2.85 bits per heavy atom. The molecule has 0 amide bonds. The molecule has 4 heteroatoms. The first-order valence-electron chi connectivity index (χ1n) is 10.7. The van der Waals surface area contributed by atoms with Crippen LogP contribution in [-0.2, 0) is 13.0 Å². The summed E-state index contributed by atoms with van der Waals surface area (Å²) in [5, 5.41) is 12.2. The van der Waals surface area contributed by atoms with Gasteiger partial charge in [-0.25, -0.2) is 0 Å². The second-order valence-electron chi connectivity index (χ2n) is 8.91. The predicted octanol–water partition coefficient (Wildman–Crippen LogP) is 0.265. The van der Waals surface area contributed by atoms with Crippen molar-refractivity contribution in [3.8, 4) is 0 Å². The Kier molecular flexibility index (Phi) is 4.30. The van der Waals surface area contributed by atoms with E-state index in [0.29, 0.717) is 6.04 Å². The highest BCUT2D eigenvalue weighted by molar-refractivity contribution is 5.86.